The summed E-state index contributed by atoms with van der Waals surface area (Å²) in [6.45, 7) is 8.51. The van der Waals surface area contributed by atoms with Gasteiger partial charge in [0.15, 0.2) is 0 Å². The summed E-state index contributed by atoms with van der Waals surface area (Å²) in [5.74, 6) is 0. The number of aryl methyl sites for hydroxylation is 1. The van der Waals surface area contributed by atoms with Crippen LogP contribution in [0, 0.1) is 6.92 Å². The van der Waals surface area contributed by atoms with Gasteiger partial charge in [0.2, 0.25) is 0 Å². The third-order valence-electron chi connectivity index (χ3n) is 4.81. The molecule has 0 aromatic heterocycles. The van der Waals surface area contributed by atoms with Crippen molar-refractivity contribution in [2.24, 2.45) is 0 Å². The molecular formula is C17H28NO+. The van der Waals surface area contributed by atoms with Gasteiger partial charge in [-0.3, -0.25) is 0 Å². The Morgan fingerprint density at radius 3 is 2.53 bits per heavy atom. The Hall–Kier alpha value is -0.860. The quantitative estimate of drug-likeness (QED) is 0.890. The molecule has 0 bridgehead atoms. The van der Waals surface area contributed by atoms with Gasteiger partial charge < -0.3 is 10.5 Å². The molecule has 0 saturated carbocycles. The molecule has 0 spiro atoms. The van der Waals surface area contributed by atoms with Crippen LogP contribution < -0.4 is 5.73 Å². The number of rotatable bonds is 4. The van der Waals surface area contributed by atoms with E-state index in [4.69, 9.17) is 4.74 Å². The van der Waals surface area contributed by atoms with E-state index in [0.717, 1.165) is 38.8 Å². The van der Waals surface area contributed by atoms with E-state index in [1.54, 1.807) is 0 Å². The Morgan fingerprint density at radius 1 is 1.26 bits per heavy atom. The molecule has 1 aromatic carbocycles. The molecule has 1 saturated heterocycles. The van der Waals surface area contributed by atoms with E-state index >= 15 is 0 Å². The Morgan fingerprint density at radius 2 is 1.95 bits per heavy atom. The molecule has 2 atom stereocenters. The van der Waals surface area contributed by atoms with Crippen molar-refractivity contribution in [1.29, 1.82) is 0 Å². The number of ether oxygens (including phenoxy) is 1. The molecule has 1 aliphatic heterocycles. The number of hydrogen-bond acceptors (Lipinski definition) is 1. The minimum Gasteiger partial charge on any atom is -0.375 e. The molecule has 1 aromatic rings. The van der Waals surface area contributed by atoms with Gasteiger partial charge in [0.05, 0.1) is 12.1 Å². The highest BCUT2D eigenvalue weighted by molar-refractivity contribution is 5.30. The molecule has 0 amide bonds. The van der Waals surface area contributed by atoms with Gasteiger partial charge in [0.1, 0.15) is 0 Å². The maximum Gasteiger partial charge on any atom is 0.0748 e. The van der Waals surface area contributed by atoms with Crippen LogP contribution in [0.1, 0.15) is 50.7 Å². The first-order valence-corrected chi connectivity index (χ1v) is 7.54. The zero-order chi connectivity index (χ0) is 13.9. The molecule has 3 N–H and O–H groups in total. The zero-order valence-corrected chi connectivity index (χ0v) is 12.7. The summed E-state index contributed by atoms with van der Waals surface area (Å²) in [7, 11) is 0. The Balaban J connectivity index is 2.34. The summed E-state index contributed by atoms with van der Waals surface area (Å²) in [5, 5.41) is 0. The summed E-state index contributed by atoms with van der Waals surface area (Å²) < 4.78 is 6.04. The van der Waals surface area contributed by atoms with Crippen molar-refractivity contribution in [2.75, 3.05) is 13.2 Å². The third-order valence-corrected chi connectivity index (χ3v) is 4.81. The first-order chi connectivity index (χ1) is 9.03. The van der Waals surface area contributed by atoms with Gasteiger partial charge in [0.25, 0.3) is 0 Å². The zero-order valence-electron chi connectivity index (χ0n) is 12.7. The van der Waals surface area contributed by atoms with Crippen molar-refractivity contribution in [2.45, 2.75) is 57.5 Å². The van der Waals surface area contributed by atoms with Crippen LogP contribution in [0.25, 0.3) is 0 Å². The van der Waals surface area contributed by atoms with Gasteiger partial charge in [-0.05, 0) is 38.7 Å². The van der Waals surface area contributed by atoms with Crippen molar-refractivity contribution < 1.29 is 10.5 Å². The average Bonchev–Trinajstić information content (AvgIpc) is 2.40. The van der Waals surface area contributed by atoms with Gasteiger partial charge in [-0.25, -0.2) is 0 Å². The molecule has 2 nitrogen and oxygen atoms in total. The van der Waals surface area contributed by atoms with Crippen LogP contribution in [-0.2, 0) is 10.2 Å². The van der Waals surface area contributed by atoms with E-state index in [0.29, 0.717) is 0 Å². The SMILES string of the molecule is CCC1(C)CC(CC[NH3+])(c2ccc(C)cc2)CCO1. The van der Waals surface area contributed by atoms with Crippen molar-refractivity contribution in [1.82, 2.24) is 0 Å². The van der Waals surface area contributed by atoms with Gasteiger partial charge in [-0.15, -0.1) is 0 Å². The van der Waals surface area contributed by atoms with Gasteiger partial charge in [-0.1, -0.05) is 36.8 Å². The second-order valence-electron chi connectivity index (χ2n) is 6.33. The lowest BCUT2D eigenvalue weighted by Crippen LogP contribution is -2.55. The van der Waals surface area contributed by atoms with E-state index in [1.807, 2.05) is 0 Å². The highest BCUT2D eigenvalue weighted by atomic mass is 16.5. The van der Waals surface area contributed by atoms with E-state index < -0.39 is 0 Å². The van der Waals surface area contributed by atoms with Crippen LogP contribution in [0.15, 0.2) is 24.3 Å². The minimum atomic E-state index is 0.0261. The second-order valence-corrected chi connectivity index (χ2v) is 6.33. The normalized spacial score (nSPS) is 31.4. The van der Waals surface area contributed by atoms with Gasteiger partial charge in [-0.2, -0.15) is 0 Å². The number of benzene rings is 1. The first-order valence-electron chi connectivity index (χ1n) is 7.54. The molecule has 1 aliphatic rings. The summed E-state index contributed by atoms with van der Waals surface area (Å²) in [6, 6.07) is 9.09. The van der Waals surface area contributed by atoms with E-state index in [2.05, 4.69) is 50.8 Å². The van der Waals surface area contributed by atoms with Crippen LogP contribution >= 0.6 is 0 Å². The average molecular weight is 262 g/mol. The topological polar surface area (TPSA) is 36.9 Å². The highest BCUT2D eigenvalue weighted by Crippen LogP contribution is 2.44. The summed E-state index contributed by atoms with van der Waals surface area (Å²) in [5.41, 5.74) is 7.20. The summed E-state index contributed by atoms with van der Waals surface area (Å²) in [6.07, 6.45) is 4.49. The summed E-state index contributed by atoms with van der Waals surface area (Å²) >= 11 is 0. The Labute approximate surface area is 117 Å². The molecular weight excluding hydrogens is 234 g/mol. The van der Waals surface area contributed by atoms with Crippen LogP contribution in [0.2, 0.25) is 0 Å². The summed E-state index contributed by atoms with van der Waals surface area (Å²) in [4.78, 5) is 0. The molecule has 1 heterocycles. The Bertz CT molecular complexity index is 410. The van der Waals surface area contributed by atoms with Crippen LogP contribution in [0.3, 0.4) is 0 Å². The van der Waals surface area contributed by atoms with Crippen LogP contribution in [0.5, 0.6) is 0 Å². The maximum atomic E-state index is 6.04. The lowest BCUT2D eigenvalue weighted by Gasteiger charge is -2.46. The van der Waals surface area contributed by atoms with Crippen molar-refractivity contribution >= 4 is 0 Å². The molecule has 106 valence electrons. The Kier molecular flexibility index (Phi) is 4.32. The van der Waals surface area contributed by atoms with Crippen molar-refractivity contribution in [3.05, 3.63) is 35.4 Å². The monoisotopic (exact) mass is 262 g/mol. The van der Waals surface area contributed by atoms with E-state index in [-0.39, 0.29) is 11.0 Å². The van der Waals surface area contributed by atoms with Gasteiger partial charge >= 0.3 is 0 Å². The van der Waals surface area contributed by atoms with E-state index in [9.17, 15) is 0 Å². The third kappa shape index (κ3) is 3.01. The molecule has 2 rings (SSSR count). The fraction of sp³-hybridized carbons (Fsp3) is 0.647. The minimum absolute atomic E-state index is 0.0261. The number of quaternary nitrogens is 1. The number of hydrogen-bond donors (Lipinski definition) is 1. The predicted molar refractivity (Wildman–Crippen MR) is 79.1 cm³/mol. The molecule has 0 radical (unpaired) electrons. The standard InChI is InChI=1S/C17H27NO/c1-4-16(3)13-17(9-11-18,10-12-19-16)15-7-5-14(2)6-8-15/h5-8H,4,9-13,18H2,1-3H3/p+1. The molecule has 1 fully saturated rings. The highest BCUT2D eigenvalue weighted by Gasteiger charge is 2.43. The molecule has 2 heteroatoms. The van der Waals surface area contributed by atoms with Crippen LogP contribution in [-0.4, -0.2) is 18.8 Å². The maximum absolute atomic E-state index is 6.04. The predicted octanol–water partition coefficient (Wildman–Crippen LogP) is 2.84. The fourth-order valence-corrected chi connectivity index (χ4v) is 3.42. The molecule has 0 aliphatic carbocycles. The lowest BCUT2D eigenvalue weighted by molar-refractivity contribution is -0.372. The molecule has 19 heavy (non-hydrogen) atoms. The van der Waals surface area contributed by atoms with Crippen molar-refractivity contribution in [3.63, 3.8) is 0 Å². The van der Waals surface area contributed by atoms with Gasteiger partial charge in [0, 0.05) is 18.4 Å². The van der Waals surface area contributed by atoms with E-state index in [1.165, 1.54) is 11.1 Å². The fourth-order valence-electron chi connectivity index (χ4n) is 3.42. The van der Waals surface area contributed by atoms with Crippen LogP contribution in [0.4, 0.5) is 0 Å². The smallest absolute Gasteiger partial charge is 0.0748 e. The molecule has 2 unspecified atom stereocenters. The first kappa shape index (κ1) is 14.5. The second kappa shape index (κ2) is 5.64. The largest absolute Gasteiger partial charge is 0.375 e. The lowest BCUT2D eigenvalue weighted by atomic mass is 9.66. The van der Waals surface area contributed by atoms with Crippen molar-refractivity contribution in [3.8, 4) is 0 Å².